The van der Waals surface area contributed by atoms with E-state index in [-0.39, 0.29) is 23.6 Å². The summed E-state index contributed by atoms with van der Waals surface area (Å²) in [4.78, 5) is 11.4. The first-order valence-electron chi connectivity index (χ1n) is 5.82. The van der Waals surface area contributed by atoms with Crippen LogP contribution in [0.25, 0.3) is 0 Å². The monoisotopic (exact) mass is 236 g/mol. The number of phenols is 1. The highest BCUT2D eigenvalue weighted by atomic mass is 16.5. The van der Waals surface area contributed by atoms with Gasteiger partial charge in [0.15, 0.2) is 0 Å². The van der Waals surface area contributed by atoms with Crippen LogP contribution in [0.5, 0.6) is 5.75 Å². The molecular weight excluding hydrogens is 216 g/mol. The Hall–Kier alpha value is -1.51. The van der Waals surface area contributed by atoms with E-state index < -0.39 is 0 Å². The van der Waals surface area contributed by atoms with Gasteiger partial charge in [0, 0.05) is 5.56 Å². The molecule has 0 aromatic heterocycles. The zero-order chi connectivity index (χ0) is 13.1. The molecular formula is C14H20O3. The molecule has 0 atom stereocenters. The largest absolute Gasteiger partial charge is 0.508 e. The predicted octanol–water partition coefficient (Wildman–Crippen LogP) is 2.80. The van der Waals surface area contributed by atoms with Gasteiger partial charge in [-0.05, 0) is 24.0 Å². The maximum absolute atomic E-state index is 11.4. The molecule has 0 aliphatic rings. The molecule has 0 bridgehead atoms. The van der Waals surface area contributed by atoms with E-state index in [2.05, 4.69) is 20.8 Å². The molecule has 0 radical (unpaired) electrons. The van der Waals surface area contributed by atoms with E-state index in [1.165, 1.54) is 0 Å². The number of benzene rings is 1. The topological polar surface area (TPSA) is 46.5 Å². The van der Waals surface area contributed by atoms with E-state index in [1.54, 1.807) is 13.0 Å². The summed E-state index contributed by atoms with van der Waals surface area (Å²) in [5, 5.41) is 9.71. The first kappa shape index (κ1) is 13.6. The predicted molar refractivity (Wildman–Crippen MR) is 67.1 cm³/mol. The van der Waals surface area contributed by atoms with Gasteiger partial charge in [-0.2, -0.15) is 0 Å². The Morgan fingerprint density at radius 2 is 2.00 bits per heavy atom. The lowest BCUT2D eigenvalue weighted by molar-refractivity contribution is -0.142. The first-order valence-corrected chi connectivity index (χ1v) is 5.82. The van der Waals surface area contributed by atoms with Crippen molar-refractivity contribution in [3.8, 4) is 5.75 Å². The quantitative estimate of drug-likeness (QED) is 0.821. The zero-order valence-corrected chi connectivity index (χ0v) is 10.9. The van der Waals surface area contributed by atoms with Crippen LogP contribution in [0.4, 0.5) is 0 Å². The highest BCUT2D eigenvalue weighted by Gasteiger charge is 2.16. The van der Waals surface area contributed by atoms with Crippen molar-refractivity contribution in [1.29, 1.82) is 0 Å². The summed E-state index contributed by atoms with van der Waals surface area (Å²) in [6.07, 6.45) is 0.115. The van der Waals surface area contributed by atoms with Crippen molar-refractivity contribution in [2.45, 2.75) is 39.5 Å². The van der Waals surface area contributed by atoms with Crippen molar-refractivity contribution in [1.82, 2.24) is 0 Å². The third kappa shape index (κ3) is 3.77. The van der Waals surface area contributed by atoms with E-state index in [0.29, 0.717) is 12.2 Å². The lowest BCUT2D eigenvalue weighted by Gasteiger charge is -2.20. The number of hydrogen-bond acceptors (Lipinski definition) is 3. The summed E-state index contributed by atoms with van der Waals surface area (Å²) < 4.78 is 4.88. The van der Waals surface area contributed by atoms with Crippen molar-refractivity contribution >= 4 is 5.97 Å². The van der Waals surface area contributed by atoms with Gasteiger partial charge in [-0.3, -0.25) is 4.79 Å². The van der Waals surface area contributed by atoms with Crippen LogP contribution in [-0.2, 0) is 21.4 Å². The minimum atomic E-state index is -0.311. The minimum absolute atomic E-state index is 0.00287. The maximum atomic E-state index is 11.4. The molecule has 3 nitrogen and oxygen atoms in total. The van der Waals surface area contributed by atoms with Gasteiger partial charge in [-0.15, -0.1) is 0 Å². The number of phenolic OH excluding ortho intramolecular Hbond substituents is 1. The first-order chi connectivity index (χ1) is 7.84. The fraction of sp³-hybridized carbons (Fsp3) is 0.500. The van der Waals surface area contributed by atoms with Crippen molar-refractivity contribution in [3.63, 3.8) is 0 Å². The summed E-state index contributed by atoms with van der Waals surface area (Å²) in [6, 6.07) is 5.38. The molecule has 17 heavy (non-hydrogen) atoms. The van der Waals surface area contributed by atoms with Gasteiger partial charge >= 0.3 is 5.97 Å². The number of aromatic hydroxyl groups is 1. The third-order valence-electron chi connectivity index (χ3n) is 2.59. The molecule has 0 unspecified atom stereocenters. The number of carbonyl (C=O) groups is 1. The van der Waals surface area contributed by atoms with Crippen LogP contribution in [0.2, 0.25) is 0 Å². The van der Waals surface area contributed by atoms with E-state index in [1.807, 2.05) is 12.1 Å². The molecule has 0 aliphatic heterocycles. The normalized spacial score (nSPS) is 11.3. The average molecular weight is 236 g/mol. The summed E-state index contributed by atoms with van der Waals surface area (Å²) >= 11 is 0. The van der Waals surface area contributed by atoms with Crippen LogP contribution in [0.1, 0.15) is 38.8 Å². The molecule has 0 saturated carbocycles. The molecule has 1 rings (SSSR count). The number of ether oxygens (including phenoxy) is 1. The van der Waals surface area contributed by atoms with E-state index in [9.17, 15) is 9.90 Å². The Bertz CT molecular complexity index is 402. The van der Waals surface area contributed by atoms with Crippen molar-refractivity contribution < 1.29 is 14.6 Å². The SMILES string of the molecule is CCOC(=O)Cc1cc(C(C)(C)C)ccc1O. The summed E-state index contributed by atoms with van der Waals surface area (Å²) in [7, 11) is 0. The van der Waals surface area contributed by atoms with Crippen molar-refractivity contribution in [3.05, 3.63) is 29.3 Å². The van der Waals surface area contributed by atoms with Crippen molar-refractivity contribution in [2.75, 3.05) is 6.61 Å². The molecule has 1 aromatic carbocycles. The fourth-order valence-corrected chi connectivity index (χ4v) is 1.56. The summed E-state index contributed by atoms with van der Waals surface area (Å²) in [6.45, 7) is 8.40. The Balaban J connectivity index is 2.95. The molecule has 3 heteroatoms. The number of esters is 1. The van der Waals surface area contributed by atoms with Crippen LogP contribution in [0, 0.1) is 0 Å². The smallest absolute Gasteiger partial charge is 0.310 e. The Morgan fingerprint density at radius 3 is 2.53 bits per heavy atom. The van der Waals surface area contributed by atoms with E-state index in [4.69, 9.17) is 4.74 Å². The zero-order valence-electron chi connectivity index (χ0n) is 10.9. The van der Waals surface area contributed by atoms with Gasteiger partial charge in [0.05, 0.1) is 13.0 Å². The number of hydrogen-bond donors (Lipinski definition) is 1. The highest BCUT2D eigenvalue weighted by Crippen LogP contribution is 2.27. The highest BCUT2D eigenvalue weighted by molar-refractivity contribution is 5.73. The molecule has 94 valence electrons. The Labute approximate surface area is 102 Å². The van der Waals surface area contributed by atoms with Gasteiger partial charge in [-0.25, -0.2) is 0 Å². The molecule has 0 spiro atoms. The lowest BCUT2D eigenvalue weighted by Crippen LogP contribution is -2.13. The molecule has 0 saturated heterocycles. The van der Waals surface area contributed by atoms with Gasteiger partial charge < -0.3 is 9.84 Å². The Morgan fingerprint density at radius 1 is 1.35 bits per heavy atom. The van der Waals surface area contributed by atoms with Crippen LogP contribution in [-0.4, -0.2) is 17.7 Å². The molecule has 0 heterocycles. The van der Waals surface area contributed by atoms with E-state index in [0.717, 1.165) is 5.56 Å². The lowest BCUT2D eigenvalue weighted by atomic mass is 9.86. The minimum Gasteiger partial charge on any atom is -0.508 e. The molecule has 0 fully saturated rings. The molecule has 0 amide bonds. The standard InChI is InChI=1S/C14H20O3/c1-5-17-13(16)9-10-8-11(14(2,3)4)6-7-12(10)15/h6-8,15H,5,9H2,1-4H3. The second-order valence-corrected chi connectivity index (χ2v) is 5.08. The second kappa shape index (κ2) is 5.21. The van der Waals surface area contributed by atoms with Crippen LogP contribution < -0.4 is 0 Å². The molecule has 1 aromatic rings. The molecule has 0 aliphatic carbocycles. The van der Waals surface area contributed by atoms with Gasteiger partial charge in [0.1, 0.15) is 5.75 Å². The Kier molecular flexibility index (Phi) is 4.16. The third-order valence-corrected chi connectivity index (χ3v) is 2.59. The van der Waals surface area contributed by atoms with Crippen molar-refractivity contribution in [2.24, 2.45) is 0 Å². The molecule has 1 N–H and O–H groups in total. The number of rotatable bonds is 3. The summed E-state index contributed by atoms with van der Waals surface area (Å²) in [5.74, 6) is -0.167. The van der Waals surface area contributed by atoms with Gasteiger partial charge in [-0.1, -0.05) is 32.9 Å². The van der Waals surface area contributed by atoms with Crippen LogP contribution in [0.15, 0.2) is 18.2 Å². The van der Waals surface area contributed by atoms with Gasteiger partial charge in [0.2, 0.25) is 0 Å². The van der Waals surface area contributed by atoms with Gasteiger partial charge in [0.25, 0.3) is 0 Å². The maximum Gasteiger partial charge on any atom is 0.310 e. The average Bonchev–Trinajstić information content (AvgIpc) is 2.20. The van der Waals surface area contributed by atoms with Crippen LogP contribution >= 0.6 is 0 Å². The second-order valence-electron chi connectivity index (χ2n) is 5.08. The van der Waals surface area contributed by atoms with E-state index >= 15 is 0 Å². The fourth-order valence-electron chi connectivity index (χ4n) is 1.56. The number of carbonyl (C=O) groups excluding carboxylic acids is 1. The van der Waals surface area contributed by atoms with Crippen LogP contribution in [0.3, 0.4) is 0 Å². The summed E-state index contributed by atoms with van der Waals surface area (Å²) in [5.41, 5.74) is 1.71.